The van der Waals surface area contributed by atoms with Gasteiger partial charge in [-0.2, -0.15) is 0 Å². The number of esters is 1. The third-order valence-electron chi connectivity index (χ3n) is 3.12. The largest absolute Gasteiger partial charge is 0.501 e. The lowest BCUT2D eigenvalue weighted by Gasteiger charge is -2.19. The zero-order chi connectivity index (χ0) is 15.2. The fourth-order valence-electron chi connectivity index (χ4n) is 2.04. The summed E-state index contributed by atoms with van der Waals surface area (Å²) >= 11 is 0. The van der Waals surface area contributed by atoms with Gasteiger partial charge in [-0.3, -0.25) is 0 Å². The molecule has 0 spiro atoms. The van der Waals surface area contributed by atoms with E-state index in [9.17, 15) is 4.79 Å². The van der Waals surface area contributed by atoms with Crippen molar-refractivity contribution in [3.8, 4) is 11.5 Å². The number of rotatable bonds is 5. The first kappa shape index (κ1) is 15.0. The van der Waals surface area contributed by atoms with Gasteiger partial charge in [0.1, 0.15) is 11.9 Å². The van der Waals surface area contributed by atoms with Crippen molar-refractivity contribution in [2.24, 2.45) is 0 Å². The predicted octanol–water partition coefficient (Wildman–Crippen LogP) is 2.56. The van der Waals surface area contributed by atoms with Crippen molar-refractivity contribution in [1.82, 2.24) is 0 Å². The zero-order valence-electron chi connectivity index (χ0n) is 12.3. The van der Waals surface area contributed by atoms with Crippen molar-refractivity contribution in [2.75, 3.05) is 21.3 Å². The Hall–Kier alpha value is -2.43. The molecule has 0 amide bonds. The van der Waals surface area contributed by atoms with E-state index in [2.05, 4.69) is 0 Å². The molecule has 0 saturated carbocycles. The first-order valence-corrected chi connectivity index (χ1v) is 6.51. The van der Waals surface area contributed by atoms with Gasteiger partial charge in [0.05, 0.1) is 27.4 Å². The van der Waals surface area contributed by atoms with E-state index in [1.54, 1.807) is 21.3 Å². The van der Waals surface area contributed by atoms with E-state index in [1.165, 1.54) is 6.08 Å². The lowest BCUT2D eigenvalue weighted by Crippen LogP contribution is -2.21. The van der Waals surface area contributed by atoms with E-state index < -0.39 is 0 Å². The third kappa shape index (κ3) is 3.78. The van der Waals surface area contributed by atoms with Gasteiger partial charge < -0.3 is 18.9 Å². The van der Waals surface area contributed by atoms with E-state index in [4.69, 9.17) is 18.9 Å². The van der Waals surface area contributed by atoms with Crippen LogP contribution in [0.5, 0.6) is 11.5 Å². The Morgan fingerprint density at radius 1 is 1.14 bits per heavy atom. The third-order valence-corrected chi connectivity index (χ3v) is 3.12. The maximum Gasteiger partial charge on any atom is 0.334 e. The number of cyclic esters (lactones) is 1. The minimum atomic E-state index is -0.389. The Kier molecular flexibility index (Phi) is 4.87. The molecule has 1 unspecified atom stereocenters. The van der Waals surface area contributed by atoms with E-state index in [1.807, 2.05) is 30.4 Å². The molecular formula is C16H18O5. The van der Waals surface area contributed by atoms with Crippen molar-refractivity contribution in [1.29, 1.82) is 0 Å². The Morgan fingerprint density at radius 3 is 2.57 bits per heavy atom. The van der Waals surface area contributed by atoms with Crippen LogP contribution in [0.15, 0.2) is 36.1 Å². The summed E-state index contributed by atoms with van der Waals surface area (Å²) in [6.45, 7) is 0. The molecule has 0 bridgehead atoms. The van der Waals surface area contributed by atoms with Crippen LogP contribution in [0.4, 0.5) is 0 Å². The van der Waals surface area contributed by atoms with Gasteiger partial charge in [-0.05, 0) is 23.8 Å². The van der Waals surface area contributed by atoms with Gasteiger partial charge in [0.15, 0.2) is 11.5 Å². The molecule has 0 saturated heterocycles. The van der Waals surface area contributed by atoms with Gasteiger partial charge in [0, 0.05) is 6.42 Å². The smallest absolute Gasteiger partial charge is 0.334 e. The van der Waals surface area contributed by atoms with Gasteiger partial charge in [-0.15, -0.1) is 0 Å². The maximum atomic E-state index is 11.4. The highest BCUT2D eigenvalue weighted by Crippen LogP contribution is 2.28. The van der Waals surface area contributed by atoms with E-state index in [0.717, 1.165) is 5.56 Å². The van der Waals surface area contributed by atoms with Crippen LogP contribution in [0.25, 0.3) is 6.08 Å². The summed E-state index contributed by atoms with van der Waals surface area (Å²) < 4.78 is 20.7. The molecule has 1 atom stereocenters. The normalized spacial score (nSPS) is 18.1. The number of methoxy groups -OCH3 is 3. The summed E-state index contributed by atoms with van der Waals surface area (Å²) in [7, 11) is 4.72. The molecule has 0 aliphatic carbocycles. The van der Waals surface area contributed by atoms with Gasteiger partial charge in [0.25, 0.3) is 0 Å². The number of hydrogen-bond donors (Lipinski definition) is 0. The molecule has 1 aliphatic heterocycles. The van der Waals surface area contributed by atoms with Gasteiger partial charge in [-0.25, -0.2) is 4.79 Å². The van der Waals surface area contributed by atoms with E-state index >= 15 is 0 Å². The van der Waals surface area contributed by atoms with Crippen LogP contribution in [-0.2, 0) is 14.3 Å². The molecule has 5 heteroatoms. The first-order chi connectivity index (χ1) is 10.2. The summed E-state index contributed by atoms with van der Waals surface area (Å²) in [6, 6.07) is 5.58. The molecule has 112 valence electrons. The molecule has 21 heavy (non-hydrogen) atoms. The average Bonchev–Trinajstić information content (AvgIpc) is 2.52. The molecule has 1 aliphatic rings. The summed E-state index contributed by atoms with van der Waals surface area (Å²) in [5.41, 5.74) is 0.928. The number of hydrogen-bond acceptors (Lipinski definition) is 5. The summed E-state index contributed by atoms with van der Waals surface area (Å²) in [5, 5.41) is 0. The van der Waals surface area contributed by atoms with Crippen molar-refractivity contribution < 1.29 is 23.7 Å². The second-order valence-electron chi connectivity index (χ2n) is 4.47. The second kappa shape index (κ2) is 6.83. The monoisotopic (exact) mass is 290 g/mol. The van der Waals surface area contributed by atoms with Crippen molar-refractivity contribution >= 4 is 12.0 Å². The molecule has 1 aromatic rings. The number of carbonyl (C=O) groups is 1. The number of benzene rings is 1. The number of ether oxygens (including phenoxy) is 4. The van der Waals surface area contributed by atoms with Crippen molar-refractivity contribution in [3.63, 3.8) is 0 Å². The summed E-state index contributed by atoms with van der Waals surface area (Å²) in [6.07, 6.45) is 5.27. The topological polar surface area (TPSA) is 54.0 Å². The molecule has 1 aromatic carbocycles. The molecule has 0 radical (unpaired) electrons. The lowest BCUT2D eigenvalue weighted by atomic mass is 10.1. The Labute approximate surface area is 123 Å². The first-order valence-electron chi connectivity index (χ1n) is 6.51. The highest BCUT2D eigenvalue weighted by molar-refractivity contribution is 5.83. The van der Waals surface area contributed by atoms with Crippen LogP contribution >= 0.6 is 0 Å². The van der Waals surface area contributed by atoms with Crippen LogP contribution in [0.1, 0.15) is 12.0 Å². The maximum absolute atomic E-state index is 11.4. The van der Waals surface area contributed by atoms with Gasteiger partial charge in [-0.1, -0.05) is 12.1 Å². The Bertz CT molecular complexity index is 574. The molecule has 0 N–H and O–H groups in total. The molecule has 0 aromatic heterocycles. The SMILES string of the molecule is COC1=CC(=O)OC(/C=C\c2ccc(OC)c(OC)c2)C1. The highest BCUT2D eigenvalue weighted by atomic mass is 16.5. The molecule has 0 fully saturated rings. The van der Waals surface area contributed by atoms with Crippen LogP contribution in [0.2, 0.25) is 0 Å². The fourth-order valence-corrected chi connectivity index (χ4v) is 2.04. The lowest BCUT2D eigenvalue weighted by molar-refractivity contribution is -0.142. The van der Waals surface area contributed by atoms with Gasteiger partial charge >= 0.3 is 5.97 Å². The van der Waals surface area contributed by atoms with Crippen LogP contribution in [0, 0.1) is 0 Å². The Balaban J connectivity index is 2.11. The van der Waals surface area contributed by atoms with Crippen molar-refractivity contribution in [3.05, 3.63) is 41.7 Å². The van der Waals surface area contributed by atoms with Crippen LogP contribution in [0.3, 0.4) is 0 Å². The molecule has 1 heterocycles. The predicted molar refractivity (Wildman–Crippen MR) is 78.2 cm³/mol. The quantitative estimate of drug-likeness (QED) is 0.780. The number of carbonyl (C=O) groups excluding carboxylic acids is 1. The summed E-state index contributed by atoms with van der Waals surface area (Å²) in [5.74, 6) is 1.55. The van der Waals surface area contributed by atoms with E-state index in [-0.39, 0.29) is 12.1 Å². The average molecular weight is 290 g/mol. The molecule has 5 nitrogen and oxygen atoms in total. The van der Waals surface area contributed by atoms with Crippen LogP contribution < -0.4 is 9.47 Å². The molecule has 2 rings (SSSR count). The molecular weight excluding hydrogens is 272 g/mol. The van der Waals surface area contributed by atoms with Crippen molar-refractivity contribution in [2.45, 2.75) is 12.5 Å². The van der Waals surface area contributed by atoms with E-state index in [0.29, 0.717) is 23.7 Å². The van der Waals surface area contributed by atoms with Crippen LogP contribution in [-0.4, -0.2) is 33.4 Å². The minimum absolute atomic E-state index is 0.328. The van der Waals surface area contributed by atoms with Gasteiger partial charge in [0.2, 0.25) is 0 Å². The fraction of sp³-hybridized carbons (Fsp3) is 0.312. The standard InChI is InChI=1S/C16H18O5/c1-18-13-9-12(21-16(17)10-13)6-4-11-5-7-14(19-2)15(8-11)20-3/h4-8,10,12H,9H2,1-3H3/b6-4-. The highest BCUT2D eigenvalue weighted by Gasteiger charge is 2.19. The summed E-state index contributed by atoms with van der Waals surface area (Å²) in [4.78, 5) is 11.4. The zero-order valence-corrected chi connectivity index (χ0v) is 12.3. The minimum Gasteiger partial charge on any atom is -0.501 e. The Morgan fingerprint density at radius 2 is 1.90 bits per heavy atom. The second-order valence-corrected chi connectivity index (χ2v) is 4.47.